The van der Waals surface area contributed by atoms with Gasteiger partial charge >= 0.3 is 0 Å². The zero-order chi connectivity index (χ0) is 7.72. The van der Waals surface area contributed by atoms with Crippen LogP contribution < -0.4 is 5.32 Å². The Hall–Kier alpha value is -0.0800. The van der Waals surface area contributed by atoms with Gasteiger partial charge in [0.15, 0.2) is 0 Å². The fraction of sp³-hybridized carbons (Fsp3) is 1.00. The summed E-state index contributed by atoms with van der Waals surface area (Å²) in [5, 5.41) is 12.9. The molecule has 0 saturated carbocycles. The fourth-order valence-electron chi connectivity index (χ4n) is 1.58. The molecule has 0 bridgehead atoms. The molecule has 0 aromatic heterocycles. The van der Waals surface area contributed by atoms with E-state index >= 15 is 0 Å². The highest BCUT2D eigenvalue weighted by atomic mass is 16.3. The average Bonchev–Trinajstić information content (AvgIpc) is 1.82. The molecule has 1 rings (SSSR count). The number of nitrogens with one attached hydrogen (secondary N) is 1. The van der Waals surface area contributed by atoms with E-state index < -0.39 is 0 Å². The van der Waals surface area contributed by atoms with Crippen LogP contribution in [0.15, 0.2) is 0 Å². The van der Waals surface area contributed by atoms with Gasteiger partial charge in [-0.25, -0.2) is 0 Å². The van der Waals surface area contributed by atoms with Gasteiger partial charge in [-0.2, -0.15) is 0 Å². The van der Waals surface area contributed by atoms with Crippen molar-refractivity contribution in [3.63, 3.8) is 0 Å². The van der Waals surface area contributed by atoms with Gasteiger partial charge in [0.1, 0.15) is 0 Å². The summed E-state index contributed by atoms with van der Waals surface area (Å²) in [6.45, 7) is 6.34. The minimum absolute atomic E-state index is 0.105. The molecule has 0 aromatic rings. The molecule has 1 aliphatic rings. The molecular weight excluding hydrogens is 126 g/mol. The van der Waals surface area contributed by atoms with E-state index in [2.05, 4.69) is 26.1 Å². The summed E-state index contributed by atoms with van der Waals surface area (Å²) in [7, 11) is 0. The Balaban J connectivity index is 2.49. The highest BCUT2D eigenvalue weighted by Crippen LogP contribution is 2.19. The van der Waals surface area contributed by atoms with E-state index in [0.29, 0.717) is 18.0 Å². The van der Waals surface area contributed by atoms with Gasteiger partial charge in [0, 0.05) is 12.1 Å². The zero-order valence-corrected chi connectivity index (χ0v) is 6.96. The minimum Gasteiger partial charge on any atom is -0.393 e. The molecule has 2 N–H and O–H groups in total. The number of aliphatic hydroxyl groups excluding tert-OH is 1. The van der Waals surface area contributed by atoms with Crippen LogP contribution in [0.25, 0.3) is 0 Å². The number of piperidine rings is 1. The number of aliphatic hydroxyl groups is 1. The van der Waals surface area contributed by atoms with E-state index in [1.807, 2.05) is 0 Å². The maximum Gasteiger partial charge on any atom is 0.0595 e. The molecule has 0 amide bonds. The van der Waals surface area contributed by atoms with Gasteiger partial charge in [0.2, 0.25) is 0 Å². The second-order valence-corrected chi connectivity index (χ2v) is 3.52. The molecule has 0 unspecified atom stereocenters. The van der Waals surface area contributed by atoms with Gasteiger partial charge in [-0.3, -0.25) is 0 Å². The average molecular weight is 143 g/mol. The topological polar surface area (TPSA) is 32.3 Å². The van der Waals surface area contributed by atoms with Crippen molar-refractivity contribution in [2.45, 2.75) is 45.4 Å². The molecule has 2 heteroatoms. The SMILES string of the molecule is C[C@@H]1[C@H](C)N[C@H](C)C[C@@H]1O. The third-order valence-corrected chi connectivity index (χ3v) is 2.54. The highest BCUT2D eigenvalue weighted by Gasteiger charge is 2.28. The maximum atomic E-state index is 9.48. The summed E-state index contributed by atoms with van der Waals surface area (Å²) < 4.78 is 0. The zero-order valence-electron chi connectivity index (χ0n) is 6.96. The Morgan fingerprint density at radius 3 is 2.40 bits per heavy atom. The van der Waals surface area contributed by atoms with E-state index in [1.165, 1.54) is 0 Å². The van der Waals surface area contributed by atoms with Crippen LogP contribution >= 0.6 is 0 Å². The summed E-state index contributed by atoms with van der Waals surface area (Å²) in [5.41, 5.74) is 0. The Kier molecular flexibility index (Phi) is 2.32. The number of hydrogen-bond donors (Lipinski definition) is 2. The second-order valence-electron chi connectivity index (χ2n) is 3.52. The van der Waals surface area contributed by atoms with Crippen molar-refractivity contribution >= 4 is 0 Å². The molecule has 0 aromatic carbocycles. The molecular formula is C8H17NO. The number of rotatable bonds is 0. The Morgan fingerprint density at radius 1 is 1.30 bits per heavy atom. The molecule has 4 atom stereocenters. The van der Waals surface area contributed by atoms with E-state index in [4.69, 9.17) is 0 Å². The molecule has 10 heavy (non-hydrogen) atoms. The summed E-state index contributed by atoms with van der Waals surface area (Å²) >= 11 is 0. The lowest BCUT2D eigenvalue weighted by Gasteiger charge is -2.35. The largest absolute Gasteiger partial charge is 0.393 e. The smallest absolute Gasteiger partial charge is 0.0595 e. The predicted molar refractivity (Wildman–Crippen MR) is 41.8 cm³/mol. The van der Waals surface area contributed by atoms with Crippen LogP contribution in [0.2, 0.25) is 0 Å². The molecule has 2 nitrogen and oxygen atoms in total. The van der Waals surface area contributed by atoms with Crippen molar-refractivity contribution in [3.8, 4) is 0 Å². The highest BCUT2D eigenvalue weighted by molar-refractivity contribution is 4.85. The molecule has 0 spiro atoms. The lowest BCUT2D eigenvalue weighted by Crippen LogP contribution is -2.50. The minimum atomic E-state index is -0.105. The first-order chi connectivity index (χ1) is 4.61. The van der Waals surface area contributed by atoms with Crippen molar-refractivity contribution in [2.75, 3.05) is 0 Å². The van der Waals surface area contributed by atoms with E-state index in [1.54, 1.807) is 0 Å². The first-order valence-electron chi connectivity index (χ1n) is 4.05. The van der Waals surface area contributed by atoms with E-state index in [-0.39, 0.29) is 6.10 Å². The van der Waals surface area contributed by atoms with E-state index in [9.17, 15) is 5.11 Å². The van der Waals surface area contributed by atoms with Crippen LogP contribution in [0.4, 0.5) is 0 Å². The van der Waals surface area contributed by atoms with Crippen LogP contribution in [0, 0.1) is 5.92 Å². The summed E-state index contributed by atoms with van der Waals surface area (Å²) in [5.74, 6) is 0.399. The van der Waals surface area contributed by atoms with Gasteiger partial charge in [0.05, 0.1) is 6.10 Å². The van der Waals surface area contributed by atoms with Gasteiger partial charge in [-0.05, 0) is 26.2 Å². The standard InChI is InChI=1S/C8H17NO/c1-5-4-8(10)6(2)7(3)9-5/h5-10H,4H2,1-3H3/t5-,6-,7+,8+/m1/s1. The third kappa shape index (κ3) is 1.50. The van der Waals surface area contributed by atoms with Crippen LogP contribution in [0.1, 0.15) is 27.2 Å². The molecule has 1 aliphatic heterocycles. The lowest BCUT2D eigenvalue weighted by atomic mass is 9.88. The molecule has 0 radical (unpaired) electrons. The third-order valence-electron chi connectivity index (χ3n) is 2.54. The summed E-state index contributed by atoms with van der Waals surface area (Å²) in [6.07, 6.45) is 0.789. The lowest BCUT2D eigenvalue weighted by molar-refractivity contribution is 0.0493. The van der Waals surface area contributed by atoms with Crippen LogP contribution in [-0.4, -0.2) is 23.3 Å². The van der Waals surface area contributed by atoms with Gasteiger partial charge < -0.3 is 10.4 Å². The van der Waals surface area contributed by atoms with Crippen LogP contribution in [0.5, 0.6) is 0 Å². The second kappa shape index (κ2) is 2.89. The normalized spacial score (nSPS) is 49.2. The van der Waals surface area contributed by atoms with Gasteiger partial charge in [-0.1, -0.05) is 6.92 Å². The predicted octanol–water partition coefficient (Wildman–Crippen LogP) is 0.754. The maximum absolute atomic E-state index is 9.48. The van der Waals surface area contributed by atoms with Crippen molar-refractivity contribution < 1.29 is 5.11 Å². The molecule has 1 saturated heterocycles. The molecule has 60 valence electrons. The van der Waals surface area contributed by atoms with Crippen molar-refractivity contribution in [3.05, 3.63) is 0 Å². The van der Waals surface area contributed by atoms with E-state index in [0.717, 1.165) is 6.42 Å². The first-order valence-corrected chi connectivity index (χ1v) is 4.05. The van der Waals surface area contributed by atoms with Crippen LogP contribution in [0.3, 0.4) is 0 Å². The number of hydrogen-bond acceptors (Lipinski definition) is 2. The fourth-order valence-corrected chi connectivity index (χ4v) is 1.58. The van der Waals surface area contributed by atoms with Gasteiger partial charge in [-0.15, -0.1) is 0 Å². The van der Waals surface area contributed by atoms with Crippen LogP contribution in [-0.2, 0) is 0 Å². The monoisotopic (exact) mass is 143 g/mol. The van der Waals surface area contributed by atoms with Gasteiger partial charge in [0.25, 0.3) is 0 Å². The Bertz CT molecular complexity index is 104. The molecule has 1 fully saturated rings. The van der Waals surface area contributed by atoms with Crippen molar-refractivity contribution in [2.24, 2.45) is 5.92 Å². The summed E-state index contributed by atoms with van der Waals surface area (Å²) in [4.78, 5) is 0. The first kappa shape index (κ1) is 8.02. The quantitative estimate of drug-likeness (QED) is 0.524. The molecule has 0 aliphatic carbocycles. The van der Waals surface area contributed by atoms with Crippen molar-refractivity contribution in [1.29, 1.82) is 0 Å². The molecule has 1 heterocycles. The Morgan fingerprint density at radius 2 is 1.90 bits per heavy atom. The summed E-state index contributed by atoms with van der Waals surface area (Å²) in [6, 6.07) is 0.931. The van der Waals surface area contributed by atoms with Crippen molar-refractivity contribution in [1.82, 2.24) is 5.32 Å². The Labute approximate surface area is 62.6 Å².